The molecule has 3 rings (SSSR count). The second-order valence-electron chi connectivity index (χ2n) is 5.67. The van der Waals surface area contributed by atoms with Crippen molar-refractivity contribution in [2.24, 2.45) is 0 Å². The summed E-state index contributed by atoms with van der Waals surface area (Å²) in [5.74, 6) is 0.0768. The fourth-order valence-corrected chi connectivity index (χ4v) is 2.54. The van der Waals surface area contributed by atoms with Crippen LogP contribution in [0.3, 0.4) is 0 Å². The maximum absolute atomic E-state index is 12.0. The summed E-state index contributed by atoms with van der Waals surface area (Å²) in [7, 11) is 3.03. The fraction of sp³-hybridized carbons (Fsp3) is 0.211. The summed E-state index contributed by atoms with van der Waals surface area (Å²) in [4.78, 5) is 28.3. The van der Waals surface area contributed by atoms with Crippen molar-refractivity contribution in [1.29, 1.82) is 0 Å². The Labute approximate surface area is 155 Å². The van der Waals surface area contributed by atoms with Gasteiger partial charge in [-0.05, 0) is 12.1 Å². The SMILES string of the molecule is COc1cc(NC(=O)COC(=O)Cn2cnc3ccccc32)cc(OC)c1. The molecule has 8 nitrogen and oxygen atoms in total. The lowest BCUT2D eigenvalue weighted by molar-refractivity contribution is -0.147. The molecule has 1 N–H and O–H groups in total. The molecule has 0 aliphatic heterocycles. The number of nitrogens with one attached hydrogen (secondary N) is 1. The zero-order chi connectivity index (χ0) is 19.2. The van der Waals surface area contributed by atoms with Crippen LogP contribution in [0.2, 0.25) is 0 Å². The van der Waals surface area contributed by atoms with Crippen LogP contribution in [0.4, 0.5) is 5.69 Å². The lowest BCUT2D eigenvalue weighted by Crippen LogP contribution is -2.22. The molecule has 0 atom stereocenters. The molecular formula is C19H19N3O5. The Kier molecular flexibility index (Phi) is 5.55. The van der Waals surface area contributed by atoms with Gasteiger partial charge in [-0.3, -0.25) is 9.59 Å². The minimum absolute atomic E-state index is 0.0270. The van der Waals surface area contributed by atoms with Gasteiger partial charge in [0.05, 0.1) is 31.6 Å². The minimum Gasteiger partial charge on any atom is -0.497 e. The van der Waals surface area contributed by atoms with Crippen LogP contribution in [0.1, 0.15) is 0 Å². The molecule has 1 heterocycles. The Hall–Kier alpha value is -3.55. The molecule has 0 spiro atoms. The highest BCUT2D eigenvalue weighted by Crippen LogP contribution is 2.25. The van der Waals surface area contributed by atoms with Gasteiger partial charge in [-0.15, -0.1) is 0 Å². The van der Waals surface area contributed by atoms with Crippen LogP contribution >= 0.6 is 0 Å². The van der Waals surface area contributed by atoms with Gasteiger partial charge in [-0.1, -0.05) is 12.1 Å². The zero-order valence-electron chi connectivity index (χ0n) is 15.0. The second kappa shape index (κ2) is 8.22. The number of hydrogen-bond acceptors (Lipinski definition) is 6. The molecule has 0 saturated heterocycles. The number of nitrogens with zero attached hydrogens (tertiary/aromatic N) is 2. The number of anilines is 1. The highest BCUT2D eigenvalue weighted by Gasteiger charge is 2.11. The number of rotatable bonds is 7. The maximum Gasteiger partial charge on any atom is 0.326 e. The van der Waals surface area contributed by atoms with Crippen LogP contribution < -0.4 is 14.8 Å². The van der Waals surface area contributed by atoms with Gasteiger partial charge in [0.25, 0.3) is 5.91 Å². The van der Waals surface area contributed by atoms with Gasteiger partial charge in [0.15, 0.2) is 6.61 Å². The van der Waals surface area contributed by atoms with E-state index in [4.69, 9.17) is 14.2 Å². The number of ether oxygens (including phenoxy) is 3. The zero-order valence-corrected chi connectivity index (χ0v) is 15.0. The molecule has 1 amide bonds. The minimum atomic E-state index is -0.531. The second-order valence-corrected chi connectivity index (χ2v) is 5.67. The predicted molar refractivity (Wildman–Crippen MR) is 98.9 cm³/mol. The number of benzene rings is 2. The van der Waals surface area contributed by atoms with Gasteiger partial charge in [-0.2, -0.15) is 0 Å². The smallest absolute Gasteiger partial charge is 0.326 e. The summed E-state index contributed by atoms with van der Waals surface area (Å²) in [6.07, 6.45) is 1.56. The van der Waals surface area contributed by atoms with Gasteiger partial charge < -0.3 is 24.1 Å². The van der Waals surface area contributed by atoms with Crippen LogP contribution in [0.25, 0.3) is 11.0 Å². The van der Waals surface area contributed by atoms with Gasteiger partial charge in [0, 0.05) is 23.9 Å². The standard InChI is InChI=1S/C19H19N3O5/c1-25-14-7-13(8-15(9-14)26-2)21-18(23)11-27-19(24)10-22-12-20-16-5-3-4-6-17(16)22/h3-9,12H,10-11H2,1-2H3,(H,21,23). The molecule has 0 fully saturated rings. The molecule has 1 aromatic heterocycles. The van der Waals surface area contributed by atoms with Crippen molar-refractivity contribution >= 4 is 28.6 Å². The average Bonchev–Trinajstić information content (AvgIpc) is 3.09. The molecule has 3 aromatic rings. The number of imidazole rings is 1. The number of aromatic nitrogens is 2. The summed E-state index contributed by atoms with van der Waals surface area (Å²) < 4.78 is 17.0. The maximum atomic E-state index is 12.0. The number of carbonyl (C=O) groups is 2. The quantitative estimate of drug-likeness (QED) is 0.642. The van der Waals surface area contributed by atoms with E-state index in [1.807, 2.05) is 24.3 Å². The van der Waals surface area contributed by atoms with E-state index >= 15 is 0 Å². The van der Waals surface area contributed by atoms with Crippen LogP contribution in [0.15, 0.2) is 48.8 Å². The van der Waals surface area contributed by atoms with Crippen LogP contribution in [-0.4, -0.2) is 42.3 Å². The molecule has 0 radical (unpaired) electrons. The first-order valence-electron chi connectivity index (χ1n) is 8.17. The largest absolute Gasteiger partial charge is 0.497 e. The van der Waals surface area contributed by atoms with Crippen LogP contribution in [0.5, 0.6) is 11.5 Å². The van der Waals surface area contributed by atoms with Crippen molar-refractivity contribution in [2.45, 2.75) is 6.54 Å². The lowest BCUT2D eigenvalue weighted by Gasteiger charge is -2.10. The van der Waals surface area contributed by atoms with Crippen molar-refractivity contribution in [3.05, 3.63) is 48.8 Å². The lowest BCUT2D eigenvalue weighted by atomic mass is 10.2. The number of carbonyl (C=O) groups excluding carboxylic acids is 2. The van der Waals surface area contributed by atoms with Crippen LogP contribution in [0, 0.1) is 0 Å². The highest BCUT2D eigenvalue weighted by atomic mass is 16.5. The Bertz CT molecular complexity index is 945. The number of hydrogen-bond donors (Lipinski definition) is 1. The van der Waals surface area contributed by atoms with E-state index in [0.29, 0.717) is 17.2 Å². The van der Waals surface area contributed by atoms with E-state index in [9.17, 15) is 9.59 Å². The molecule has 0 bridgehead atoms. The van der Waals surface area contributed by atoms with Gasteiger partial charge in [0.2, 0.25) is 0 Å². The fourth-order valence-electron chi connectivity index (χ4n) is 2.54. The third-order valence-corrected chi connectivity index (χ3v) is 3.83. The predicted octanol–water partition coefficient (Wildman–Crippen LogP) is 2.24. The van der Waals surface area contributed by atoms with E-state index in [0.717, 1.165) is 11.0 Å². The van der Waals surface area contributed by atoms with Gasteiger partial charge in [0.1, 0.15) is 18.0 Å². The van der Waals surface area contributed by atoms with Gasteiger partial charge in [-0.25, -0.2) is 4.98 Å². The molecule has 0 aliphatic rings. The molecule has 8 heteroatoms. The van der Waals surface area contributed by atoms with Gasteiger partial charge >= 0.3 is 5.97 Å². The monoisotopic (exact) mass is 369 g/mol. The first kappa shape index (κ1) is 18.2. The Balaban J connectivity index is 1.55. The molecule has 2 aromatic carbocycles. The van der Waals surface area contributed by atoms with E-state index in [-0.39, 0.29) is 6.54 Å². The van der Waals surface area contributed by atoms with E-state index in [1.165, 1.54) is 14.2 Å². The third kappa shape index (κ3) is 4.55. The number of amides is 1. The topological polar surface area (TPSA) is 91.7 Å². The first-order valence-corrected chi connectivity index (χ1v) is 8.17. The first-order chi connectivity index (χ1) is 13.1. The molecule has 140 valence electrons. The summed E-state index contributed by atoms with van der Waals surface area (Å²) in [5.41, 5.74) is 2.09. The highest BCUT2D eigenvalue weighted by molar-refractivity contribution is 5.93. The normalized spacial score (nSPS) is 10.4. The van der Waals surface area contributed by atoms with Crippen LogP contribution in [-0.2, 0) is 20.9 Å². The molecule has 0 saturated carbocycles. The van der Waals surface area contributed by atoms with Crippen molar-refractivity contribution in [1.82, 2.24) is 9.55 Å². The molecule has 0 aliphatic carbocycles. The Morgan fingerprint density at radius 2 is 1.78 bits per heavy atom. The van der Waals surface area contributed by atoms with Crippen molar-refractivity contribution in [2.75, 3.05) is 26.1 Å². The summed E-state index contributed by atoms with van der Waals surface area (Å²) in [6.45, 7) is -0.425. The Morgan fingerprint density at radius 1 is 1.07 bits per heavy atom. The van der Waals surface area contributed by atoms with E-state index in [2.05, 4.69) is 10.3 Å². The van der Waals surface area contributed by atoms with E-state index < -0.39 is 18.5 Å². The Morgan fingerprint density at radius 3 is 2.48 bits per heavy atom. The van der Waals surface area contributed by atoms with E-state index in [1.54, 1.807) is 29.1 Å². The van der Waals surface area contributed by atoms with Crippen molar-refractivity contribution < 1.29 is 23.8 Å². The number of methoxy groups -OCH3 is 2. The summed E-state index contributed by atoms with van der Waals surface area (Å²) >= 11 is 0. The number of esters is 1. The van der Waals surface area contributed by atoms with Crippen molar-refractivity contribution in [3.8, 4) is 11.5 Å². The third-order valence-electron chi connectivity index (χ3n) is 3.83. The van der Waals surface area contributed by atoms with Crippen molar-refractivity contribution in [3.63, 3.8) is 0 Å². The average molecular weight is 369 g/mol. The summed E-state index contributed by atoms with van der Waals surface area (Å²) in [6, 6.07) is 12.4. The summed E-state index contributed by atoms with van der Waals surface area (Å²) in [5, 5.41) is 2.64. The molecule has 0 unspecified atom stereocenters. The molecule has 27 heavy (non-hydrogen) atoms. The number of fused-ring (bicyclic) bond motifs is 1. The number of para-hydroxylation sites is 2. The molecular weight excluding hydrogens is 350 g/mol.